The van der Waals surface area contributed by atoms with Crippen molar-refractivity contribution >= 4 is 23.3 Å². The van der Waals surface area contributed by atoms with Crippen molar-refractivity contribution in [2.45, 2.75) is 34.1 Å². The standard InChI is InChI=1S/C11H20O2S/c1-8(2)5-10(12)6-14-7-11(13)9(3)4/h8-9H,5-7H2,1-4H3. The molecular weight excluding hydrogens is 196 g/mol. The van der Waals surface area contributed by atoms with Crippen LogP contribution in [0.4, 0.5) is 0 Å². The molecule has 0 bridgehead atoms. The average molecular weight is 216 g/mol. The predicted octanol–water partition coefficient (Wildman–Crippen LogP) is 2.56. The lowest BCUT2D eigenvalue weighted by molar-refractivity contribution is -0.119. The summed E-state index contributed by atoms with van der Waals surface area (Å²) in [6.45, 7) is 7.83. The number of hydrogen-bond acceptors (Lipinski definition) is 3. The second-order valence-corrected chi connectivity index (χ2v) is 5.24. The van der Waals surface area contributed by atoms with Gasteiger partial charge in [0, 0.05) is 12.3 Å². The van der Waals surface area contributed by atoms with Crippen molar-refractivity contribution in [3.8, 4) is 0 Å². The molecule has 82 valence electrons. The molecule has 0 radical (unpaired) electrons. The van der Waals surface area contributed by atoms with Gasteiger partial charge >= 0.3 is 0 Å². The minimum Gasteiger partial charge on any atom is -0.299 e. The molecule has 0 aliphatic rings. The van der Waals surface area contributed by atoms with E-state index in [1.54, 1.807) is 0 Å². The normalized spacial score (nSPS) is 11.0. The molecule has 0 aromatic carbocycles. The molecule has 0 saturated carbocycles. The van der Waals surface area contributed by atoms with E-state index in [9.17, 15) is 9.59 Å². The lowest BCUT2D eigenvalue weighted by Crippen LogP contribution is -2.12. The van der Waals surface area contributed by atoms with Crippen molar-refractivity contribution in [3.05, 3.63) is 0 Å². The molecule has 0 fully saturated rings. The predicted molar refractivity (Wildman–Crippen MR) is 61.6 cm³/mol. The van der Waals surface area contributed by atoms with Gasteiger partial charge in [-0.05, 0) is 5.92 Å². The first-order valence-electron chi connectivity index (χ1n) is 5.05. The van der Waals surface area contributed by atoms with Crippen LogP contribution in [0.1, 0.15) is 34.1 Å². The monoisotopic (exact) mass is 216 g/mol. The Morgan fingerprint density at radius 2 is 1.64 bits per heavy atom. The van der Waals surface area contributed by atoms with Gasteiger partial charge in [-0.15, -0.1) is 11.8 Å². The van der Waals surface area contributed by atoms with Crippen LogP contribution in [0.5, 0.6) is 0 Å². The van der Waals surface area contributed by atoms with E-state index in [0.717, 1.165) is 0 Å². The molecular formula is C11H20O2S. The molecule has 0 rings (SSSR count). The summed E-state index contributed by atoms with van der Waals surface area (Å²) in [6.07, 6.45) is 0.628. The summed E-state index contributed by atoms with van der Waals surface area (Å²) in [7, 11) is 0. The smallest absolute Gasteiger partial charge is 0.145 e. The van der Waals surface area contributed by atoms with Crippen molar-refractivity contribution in [1.29, 1.82) is 0 Å². The van der Waals surface area contributed by atoms with Gasteiger partial charge in [-0.2, -0.15) is 0 Å². The molecule has 0 aromatic rings. The first-order valence-corrected chi connectivity index (χ1v) is 6.21. The summed E-state index contributed by atoms with van der Waals surface area (Å²) in [6, 6.07) is 0. The Hall–Kier alpha value is -0.310. The fraction of sp³-hybridized carbons (Fsp3) is 0.818. The van der Waals surface area contributed by atoms with Gasteiger partial charge in [0.25, 0.3) is 0 Å². The highest BCUT2D eigenvalue weighted by molar-refractivity contribution is 8.00. The fourth-order valence-corrected chi connectivity index (χ4v) is 1.93. The number of rotatable bonds is 7. The number of ketones is 2. The van der Waals surface area contributed by atoms with E-state index in [1.165, 1.54) is 11.8 Å². The molecule has 0 aliphatic heterocycles. The van der Waals surface area contributed by atoms with E-state index in [1.807, 2.05) is 27.7 Å². The first-order chi connectivity index (χ1) is 6.43. The second kappa shape index (κ2) is 7.04. The molecule has 0 atom stereocenters. The third-order valence-corrected chi connectivity index (χ3v) is 2.80. The third kappa shape index (κ3) is 7.13. The van der Waals surface area contributed by atoms with Gasteiger partial charge in [-0.1, -0.05) is 27.7 Å². The van der Waals surface area contributed by atoms with Crippen LogP contribution in [0.2, 0.25) is 0 Å². The maximum absolute atomic E-state index is 11.3. The van der Waals surface area contributed by atoms with Gasteiger partial charge in [0.15, 0.2) is 0 Å². The van der Waals surface area contributed by atoms with Gasteiger partial charge in [0.1, 0.15) is 11.6 Å². The lowest BCUT2D eigenvalue weighted by Gasteiger charge is -2.05. The Morgan fingerprint density at radius 3 is 2.07 bits per heavy atom. The Morgan fingerprint density at radius 1 is 1.07 bits per heavy atom. The molecule has 0 spiro atoms. The maximum Gasteiger partial charge on any atom is 0.145 e. The van der Waals surface area contributed by atoms with Crippen LogP contribution in [-0.2, 0) is 9.59 Å². The van der Waals surface area contributed by atoms with Crippen LogP contribution in [0.3, 0.4) is 0 Å². The van der Waals surface area contributed by atoms with Crippen LogP contribution >= 0.6 is 11.8 Å². The Bertz CT molecular complexity index is 197. The van der Waals surface area contributed by atoms with E-state index in [0.29, 0.717) is 23.8 Å². The SMILES string of the molecule is CC(C)CC(=O)CSCC(=O)C(C)C. The minimum absolute atomic E-state index is 0.0858. The number of hydrogen-bond donors (Lipinski definition) is 0. The molecule has 0 unspecified atom stereocenters. The first kappa shape index (κ1) is 13.7. The summed E-state index contributed by atoms with van der Waals surface area (Å²) < 4.78 is 0. The van der Waals surface area contributed by atoms with E-state index in [-0.39, 0.29) is 17.5 Å². The minimum atomic E-state index is 0.0858. The average Bonchev–Trinajstić information content (AvgIpc) is 2.02. The van der Waals surface area contributed by atoms with E-state index < -0.39 is 0 Å². The molecule has 0 saturated heterocycles. The number of thioether (sulfide) groups is 1. The zero-order valence-corrected chi connectivity index (χ0v) is 10.3. The Labute approximate surface area is 90.8 Å². The van der Waals surface area contributed by atoms with Crippen molar-refractivity contribution in [3.63, 3.8) is 0 Å². The third-order valence-electron chi connectivity index (χ3n) is 1.79. The molecule has 14 heavy (non-hydrogen) atoms. The quantitative estimate of drug-likeness (QED) is 0.656. The van der Waals surface area contributed by atoms with Crippen molar-refractivity contribution in [1.82, 2.24) is 0 Å². The molecule has 0 amide bonds. The van der Waals surface area contributed by atoms with Crippen LogP contribution < -0.4 is 0 Å². The Balaban J connectivity index is 3.54. The lowest BCUT2D eigenvalue weighted by atomic mass is 10.1. The molecule has 0 aromatic heterocycles. The van der Waals surface area contributed by atoms with Crippen LogP contribution in [0.15, 0.2) is 0 Å². The van der Waals surface area contributed by atoms with Crippen LogP contribution in [0, 0.1) is 11.8 Å². The van der Waals surface area contributed by atoms with E-state index in [2.05, 4.69) is 0 Å². The van der Waals surface area contributed by atoms with Crippen LogP contribution in [-0.4, -0.2) is 23.1 Å². The van der Waals surface area contributed by atoms with E-state index in [4.69, 9.17) is 0 Å². The summed E-state index contributed by atoms with van der Waals surface area (Å²) in [5, 5.41) is 0. The fourth-order valence-electron chi connectivity index (χ4n) is 0.946. The zero-order valence-electron chi connectivity index (χ0n) is 9.50. The zero-order chi connectivity index (χ0) is 11.1. The molecule has 2 nitrogen and oxygen atoms in total. The van der Waals surface area contributed by atoms with Gasteiger partial charge in [0.05, 0.1) is 11.5 Å². The molecule has 0 heterocycles. The van der Waals surface area contributed by atoms with Crippen molar-refractivity contribution in [2.24, 2.45) is 11.8 Å². The highest BCUT2D eigenvalue weighted by Gasteiger charge is 2.09. The highest BCUT2D eigenvalue weighted by Crippen LogP contribution is 2.09. The van der Waals surface area contributed by atoms with Gasteiger partial charge in [-0.25, -0.2) is 0 Å². The topological polar surface area (TPSA) is 34.1 Å². The number of carbonyl (C=O) groups excluding carboxylic acids is 2. The van der Waals surface area contributed by atoms with Gasteiger partial charge < -0.3 is 0 Å². The number of Topliss-reactive ketones (excluding diaryl/α,β-unsaturated/α-hetero) is 2. The molecule has 3 heteroatoms. The van der Waals surface area contributed by atoms with Crippen molar-refractivity contribution in [2.75, 3.05) is 11.5 Å². The number of carbonyl (C=O) groups is 2. The summed E-state index contributed by atoms with van der Waals surface area (Å²) >= 11 is 1.44. The van der Waals surface area contributed by atoms with Gasteiger partial charge in [0.2, 0.25) is 0 Å². The van der Waals surface area contributed by atoms with Crippen LogP contribution in [0.25, 0.3) is 0 Å². The molecule has 0 aliphatic carbocycles. The second-order valence-electron chi connectivity index (χ2n) is 4.25. The Kier molecular flexibility index (Phi) is 6.89. The van der Waals surface area contributed by atoms with E-state index >= 15 is 0 Å². The molecule has 0 N–H and O–H groups in total. The summed E-state index contributed by atoms with van der Waals surface area (Å²) in [5.74, 6) is 1.94. The largest absolute Gasteiger partial charge is 0.299 e. The highest BCUT2D eigenvalue weighted by atomic mass is 32.2. The van der Waals surface area contributed by atoms with Gasteiger partial charge in [-0.3, -0.25) is 9.59 Å². The summed E-state index contributed by atoms with van der Waals surface area (Å²) in [5.41, 5.74) is 0. The van der Waals surface area contributed by atoms with Crippen molar-refractivity contribution < 1.29 is 9.59 Å². The summed E-state index contributed by atoms with van der Waals surface area (Å²) in [4.78, 5) is 22.5. The maximum atomic E-state index is 11.3.